The second-order valence-electron chi connectivity index (χ2n) is 4.45. The van der Waals surface area contributed by atoms with Gasteiger partial charge in [-0.3, -0.25) is 4.72 Å². The molecule has 0 radical (unpaired) electrons. The normalized spacial score (nSPS) is 10.8. The van der Waals surface area contributed by atoms with E-state index in [2.05, 4.69) is 16.6 Å². The van der Waals surface area contributed by atoms with E-state index in [1.54, 1.807) is 19.2 Å². The number of aryl methyl sites for hydroxylation is 1. The maximum absolute atomic E-state index is 12.0. The third-order valence-corrected chi connectivity index (χ3v) is 4.18. The van der Waals surface area contributed by atoms with E-state index in [1.807, 2.05) is 13.0 Å². The van der Waals surface area contributed by atoms with Gasteiger partial charge in [-0.15, -0.1) is 0 Å². The molecule has 0 aliphatic carbocycles. The van der Waals surface area contributed by atoms with Gasteiger partial charge in [0.05, 0.1) is 11.4 Å². The summed E-state index contributed by atoms with van der Waals surface area (Å²) in [7, 11) is -1.83. The number of benzene rings is 1. The monoisotopic (exact) mass is 311 g/mol. The van der Waals surface area contributed by atoms with Crippen molar-refractivity contribution in [3.63, 3.8) is 0 Å². The van der Waals surface area contributed by atoms with Gasteiger partial charge < -0.3 is 9.84 Å². The number of sulfonamides is 1. The van der Waals surface area contributed by atoms with Crippen LogP contribution in [-0.2, 0) is 21.2 Å². The zero-order valence-corrected chi connectivity index (χ0v) is 13.2. The number of aliphatic hydroxyl groups is 1. The minimum Gasteiger partial charge on any atom is -0.385 e. The van der Waals surface area contributed by atoms with E-state index in [-0.39, 0.29) is 12.4 Å². The van der Waals surface area contributed by atoms with Crippen molar-refractivity contribution in [3.05, 3.63) is 29.3 Å². The van der Waals surface area contributed by atoms with E-state index in [1.165, 1.54) is 0 Å². The molecule has 2 N–H and O–H groups in total. The van der Waals surface area contributed by atoms with Crippen LogP contribution in [0, 0.1) is 11.8 Å². The molecule has 0 heterocycles. The number of hydrogen-bond acceptors (Lipinski definition) is 4. The van der Waals surface area contributed by atoms with Gasteiger partial charge in [-0.2, -0.15) is 0 Å². The summed E-state index contributed by atoms with van der Waals surface area (Å²) in [6, 6.07) is 5.26. The van der Waals surface area contributed by atoms with Crippen molar-refractivity contribution in [2.75, 3.05) is 30.8 Å². The maximum atomic E-state index is 12.0. The van der Waals surface area contributed by atoms with Crippen LogP contribution in [0.5, 0.6) is 0 Å². The van der Waals surface area contributed by atoms with Gasteiger partial charge in [-0.1, -0.05) is 18.8 Å². The number of methoxy groups -OCH3 is 1. The first-order chi connectivity index (χ1) is 10.0. The molecule has 1 aromatic rings. The molecule has 6 heteroatoms. The Morgan fingerprint density at radius 2 is 2.14 bits per heavy atom. The zero-order valence-electron chi connectivity index (χ0n) is 12.3. The van der Waals surface area contributed by atoms with Gasteiger partial charge in [0.15, 0.2) is 0 Å². The predicted molar refractivity (Wildman–Crippen MR) is 83.7 cm³/mol. The topological polar surface area (TPSA) is 75.6 Å². The molecule has 1 aromatic carbocycles. The molecule has 0 aliphatic rings. The van der Waals surface area contributed by atoms with E-state index in [0.717, 1.165) is 11.1 Å². The highest BCUT2D eigenvalue weighted by atomic mass is 32.2. The Morgan fingerprint density at radius 1 is 1.38 bits per heavy atom. The fourth-order valence-electron chi connectivity index (χ4n) is 1.82. The largest absolute Gasteiger partial charge is 0.385 e. The van der Waals surface area contributed by atoms with E-state index < -0.39 is 10.0 Å². The van der Waals surface area contributed by atoms with Gasteiger partial charge in [0.25, 0.3) is 0 Å². The van der Waals surface area contributed by atoms with Crippen molar-refractivity contribution >= 4 is 15.7 Å². The van der Waals surface area contributed by atoms with Crippen molar-refractivity contribution in [2.24, 2.45) is 0 Å². The first-order valence-electron chi connectivity index (χ1n) is 6.74. The average molecular weight is 311 g/mol. The minimum absolute atomic E-state index is 0.0239. The summed E-state index contributed by atoms with van der Waals surface area (Å²) in [4.78, 5) is 0. The second-order valence-corrected chi connectivity index (χ2v) is 6.29. The van der Waals surface area contributed by atoms with Crippen LogP contribution in [0.3, 0.4) is 0 Å². The molecular weight excluding hydrogens is 290 g/mol. The lowest BCUT2D eigenvalue weighted by molar-refractivity contribution is 0.199. The molecule has 21 heavy (non-hydrogen) atoms. The smallest absolute Gasteiger partial charge is 0.232 e. The summed E-state index contributed by atoms with van der Waals surface area (Å²) >= 11 is 0. The van der Waals surface area contributed by atoms with E-state index in [9.17, 15) is 8.42 Å². The SMILES string of the molecule is CCc1cc(C#CCO)ccc1NS(=O)(=O)CCCOC. The lowest BCUT2D eigenvalue weighted by Crippen LogP contribution is -2.18. The van der Waals surface area contributed by atoms with Gasteiger partial charge in [-0.25, -0.2) is 8.42 Å². The average Bonchev–Trinajstić information content (AvgIpc) is 2.46. The molecule has 0 amide bonds. The summed E-state index contributed by atoms with van der Waals surface area (Å²) in [6.07, 6.45) is 1.14. The molecule has 0 spiro atoms. The maximum Gasteiger partial charge on any atom is 0.232 e. The lowest BCUT2D eigenvalue weighted by Gasteiger charge is -2.12. The van der Waals surface area contributed by atoms with Crippen LogP contribution in [0.4, 0.5) is 5.69 Å². The summed E-state index contributed by atoms with van der Waals surface area (Å²) in [6.45, 7) is 2.16. The van der Waals surface area contributed by atoms with Crippen molar-refractivity contribution in [2.45, 2.75) is 19.8 Å². The van der Waals surface area contributed by atoms with Crippen molar-refractivity contribution < 1.29 is 18.3 Å². The third-order valence-electron chi connectivity index (χ3n) is 2.82. The van der Waals surface area contributed by atoms with Crippen LogP contribution in [-0.4, -0.2) is 39.6 Å². The Hall–Kier alpha value is -1.55. The van der Waals surface area contributed by atoms with Crippen LogP contribution in [0.2, 0.25) is 0 Å². The van der Waals surface area contributed by atoms with Crippen LogP contribution < -0.4 is 4.72 Å². The van der Waals surface area contributed by atoms with Gasteiger partial charge >= 0.3 is 0 Å². The Balaban J connectivity index is 2.88. The second kappa shape index (κ2) is 8.67. The van der Waals surface area contributed by atoms with Gasteiger partial charge in [-0.05, 0) is 36.6 Å². The molecule has 0 bridgehead atoms. The number of rotatable bonds is 7. The summed E-state index contributed by atoms with van der Waals surface area (Å²) in [5.74, 6) is 5.40. The molecule has 0 saturated heterocycles. The van der Waals surface area contributed by atoms with Crippen molar-refractivity contribution in [1.82, 2.24) is 0 Å². The summed E-state index contributed by atoms with van der Waals surface area (Å²) in [5, 5.41) is 8.69. The predicted octanol–water partition coefficient (Wildman–Crippen LogP) is 1.37. The molecule has 116 valence electrons. The standard InChI is InChI=1S/C15H21NO4S/c1-3-14-12-13(6-4-9-17)7-8-15(14)16-21(18,19)11-5-10-20-2/h7-8,12,16-17H,3,5,9-11H2,1-2H3. The molecule has 0 unspecified atom stereocenters. The quantitative estimate of drug-likeness (QED) is 0.589. The van der Waals surface area contributed by atoms with Crippen molar-refractivity contribution in [1.29, 1.82) is 0 Å². The van der Waals surface area contributed by atoms with Gasteiger partial charge in [0, 0.05) is 19.3 Å². The van der Waals surface area contributed by atoms with Crippen LogP contribution in [0.1, 0.15) is 24.5 Å². The van der Waals surface area contributed by atoms with E-state index in [4.69, 9.17) is 9.84 Å². The highest BCUT2D eigenvalue weighted by Gasteiger charge is 2.12. The first-order valence-corrected chi connectivity index (χ1v) is 8.39. The number of nitrogens with one attached hydrogen (secondary N) is 1. The van der Waals surface area contributed by atoms with Gasteiger partial charge in [0.1, 0.15) is 6.61 Å². The number of anilines is 1. The highest BCUT2D eigenvalue weighted by Crippen LogP contribution is 2.19. The number of aliphatic hydroxyl groups excluding tert-OH is 1. The molecule has 0 atom stereocenters. The van der Waals surface area contributed by atoms with E-state index in [0.29, 0.717) is 25.1 Å². The van der Waals surface area contributed by atoms with Crippen LogP contribution >= 0.6 is 0 Å². The minimum atomic E-state index is -3.38. The Labute approximate surface area is 126 Å². The molecule has 5 nitrogen and oxygen atoms in total. The molecule has 0 aromatic heterocycles. The van der Waals surface area contributed by atoms with Crippen LogP contribution in [0.15, 0.2) is 18.2 Å². The molecular formula is C15H21NO4S. The Kier molecular flexibility index (Phi) is 7.23. The number of hydrogen-bond donors (Lipinski definition) is 2. The molecule has 0 aliphatic heterocycles. The third kappa shape index (κ3) is 6.17. The first kappa shape index (κ1) is 17.5. The van der Waals surface area contributed by atoms with Crippen molar-refractivity contribution in [3.8, 4) is 11.8 Å². The molecule has 1 rings (SSSR count). The van der Waals surface area contributed by atoms with Gasteiger partial charge in [0.2, 0.25) is 10.0 Å². The summed E-state index contributed by atoms with van der Waals surface area (Å²) < 4.78 is 31.4. The fourth-order valence-corrected chi connectivity index (χ4v) is 2.95. The zero-order chi connectivity index (χ0) is 15.7. The van der Waals surface area contributed by atoms with Crippen LogP contribution in [0.25, 0.3) is 0 Å². The highest BCUT2D eigenvalue weighted by molar-refractivity contribution is 7.92. The molecule has 0 fully saturated rings. The lowest BCUT2D eigenvalue weighted by atomic mass is 10.1. The Morgan fingerprint density at radius 3 is 2.76 bits per heavy atom. The molecule has 0 saturated carbocycles. The summed E-state index contributed by atoms with van der Waals surface area (Å²) in [5.41, 5.74) is 2.20. The van der Waals surface area contributed by atoms with E-state index >= 15 is 0 Å². The Bertz CT molecular complexity index is 614. The number of ether oxygens (including phenoxy) is 1. The fraction of sp³-hybridized carbons (Fsp3) is 0.467.